The van der Waals surface area contributed by atoms with E-state index in [1.54, 1.807) is 0 Å². The molecule has 0 amide bonds. The molecule has 4 heteroatoms. The highest BCUT2D eigenvalue weighted by atomic mass is 16.5. The zero-order chi connectivity index (χ0) is 23.2. The lowest BCUT2D eigenvalue weighted by molar-refractivity contribution is -0.135. The number of aryl methyl sites for hydroxylation is 1. The van der Waals surface area contributed by atoms with Gasteiger partial charge in [0.15, 0.2) is 0 Å². The summed E-state index contributed by atoms with van der Waals surface area (Å²) in [5.74, 6) is -0.241. The fourth-order valence-corrected chi connectivity index (χ4v) is 6.05. The van der Waals surface area contributed by atoms with Gasteiger partial charge in [0.2, 0.25) is 0 Å². The van der Waals surface area contributed by atoms with Gasteiger partial charge in [-0.25, -0.2) is 4.79 Å². The van der Waals surface area contributed by atoms with E-state index < -0.39 is 5.41 Å². The second-order valence-electron chi connectivity index (χ2n) is 8.94. The molecule has 1 aromatic heterocycles. The highest BCUT2D eigenvalue weighted by Crippen LogP contribution is 2.52. The summed E-state index contributed by atoms with van der Waals surface area (Å²) in [7, 11) is 0. The van der Waals surface area contributed by atoms with Gasteiger partial charge in [0.25, 0.3) is 0 Å². The number of hydrogen-bond acceptors (Lipinski definition) is 3. The summed E-state index contributed by atoms with van der Waals surface area (Å²) in [6.07, 6.45) is 6.29. The summed E-state index contributed by atoms with van der Waals surface area (Å²) >= 11 is 0. The third kappa shape index (κ3) is 3.07. The van der Waals surface area contributed by atoms with Gasteiger partial charge in [0, 0.05) is 53.4 Å². The summed E-state index contributed by atoms with van der Waals surface area (Å²) in [4.78, 5) is 15.0. The van der Waals surface area contributed by atoms with E-state index in [1.165, 1.54) is 33.4 Å². The highest BCUT2D eigenvalue weighted by Gasteiger charge is 2.51. The second-order valence-corrected chi connectivity index (χ2v) is 8.94. The fraction of sp³-hybridized carbons (Fsp3) is 0.345. The molecule has 0 N–H and O–H groups in total. The first-order chi connectivity index (χ1) is 16.1. The molecule has 1 aliphatic heterocycles. The van der Waals surface area contributed by atoms with Crippen LogP contribution in [-0.4, -0.2) is 30.2 Å². The first-order valence-electron chi connectivity index (χ1n) is 12.1. The zero-order valence-electron chi connectivity index (χ0n) is 20.0. The number of para-hydroxylation sites is 1. The molecule has 2 aromatic carbocycles. The number of cyclic esters (lactones) is 1. The molecule has 1 saturated heterocycles. The molecule has 170 valence electrons. The number of anilines is 1. The summed E-state index contributed by atoms with van der Waals surface area (Å²) < 4.78 is 8.01. The number of carbonyl (C=O) groups excluding carboxylic acids is 1. The molecular weight excluding hydrogens is 408 g/mol. The minimum Gasteiger partial charge on any atom is -0.462 e. The molecule has 3 aromatic rings. The van der Waals surface area contributed by atoms with Crippen molar-refractivity contribution in [2.75, 3.05) is 24.6 Å². The molecule has 1 fully saturated rings. The fourth-order valence-electron chi connectivity index (χ4n) is 6.05. The minimum atomic E-state index is -0.470. The van der Waals surface area contributed by atoms with Gasteiger partial charge in [-0.2, -0.15) is 0 Å². The number of allylic oxidation sites excluding steroid dienone is 3. The van der Waals surface area contributed by atoms with Crippen molar-refractivity contribution in [1.82, 2.24) is 4.57 Å². The van der Waals surface area contributed by atoms with Crippen molar-refractivity contribution in [3.8, 4) is 0 Å². The number of aromatic nitrogens is 1. The quantitative estimate of drug-likeness (QED) is 0.456. The van der Waals surface area contributed by atoms with Crippen LogP contribution in [0, 0.1) is 12.8 Å². The van der Waals surface area contributed by atoms with Crippen molar-refractivity contribution >= 4 is 22.6 Å². The van der Waals surface area contributed by atoms with Crippen LogP contribution in [-0.2, 0) is 21.5 Å². The van der Waals surface area contributed by atoms with Gasteiger partial charge in [-0.15, -0.1) is 0 Å². The molecular formula is C29H32N2O2. The van der Waals surface area contributed by atoms with Crippen molar-refractivity contribution in [3.05, 3.63) is 89.2 Å². The van der Waals surface area contributed by atoms with Crippen LogP contribution in [0.15, 0.2) is 72.3 Å². The lowest BCUT2D eigenvalue weighted by atomic mass is 9.61. The molecule has 0 radical (unpaired) electrons. The highest BCUT2D eigenvalue weighted by molar-refractivity contribution is 5.94. The van der Waals surface area contributed by atoms with E-state index >= 15 is 0 Å². The Kier molecular flexibility index (Phi) is 5.40. The molecule has 2 atom stereocenters. The van der Waals surface area contributed by atoms with E-state index in [1.807, 2.05) is 12.2 Å². The average Bonchev–Trinajstić information content (AvgIpc) is 3.37. The van der Waals surface area contributed by atoms with Gasteiger partial charge in [0.05, 0.1) is 5.41 Å². The first kappa shape index (κ1) is 21.6. The summed E-state index contributed by atoms with van der Waals surface area (Å²) in [6, 6.07) is 17.6. The number of esters is 1. The SMILES string of the molecule is CCN(CC)c1ccc(C2(c3c(C)n(CC)c4ccccc34)C=CC=C3C(=O)OCC32)cc1. The molecule has 2 heterocycles. The molecule has 1 aliphatic carbocycles. The maximum Gasteiger partial charge on any atom is 0.334 e. The van der Waals surface area contributed by atoms with E-state index in [4.69, 9.17) is 4.74 Å². The van der Waals surface area contributed by atoms with Crippen LogP contribution in [0.1, 0.15) is 37.6 Å². The number of carbonyl (C=O) groups is 1. The zero-order valence-corrected chi connectivity index (χ0v) is 20.0. The number of fused-ring (bicyclic) bond motifs is 2. The van der Waals surface area contributed by atoms with Gasteiger partial charge in [-0.05, 0) is 57.0 Å². The number of benzene rings is 2. The number of nitrogens with zero attached hydrogens (tertiary/aromatic N) is 2. The van der Waals surface area contributed by atoms with Gasteiger partial charge in [-0.1, -0.05) is 48.6 Å². The lowest BCUT2D eigenvalue weighted by Gasteiger charge is -2.39. The van der Waals surface area contributed by atoms with Crippen LogP contribution in [0.4, 0.5) is 5.69 Å². The Balaban J connectivity index is 1.79. The summed E-state index contributed by atoms with van der Waals surface area (Å²) in [6.45, 7) is 12.0. The number of rotatable bonds is 6. The molecule has 33 heavy (non-hydrogen) atoms. The molecule has 0 saturated carbocycles. The molecule has 0 bridgehead atoms. The number of ether oxygens (including phenoxy) is 1. The first-order valence-corrected chi connectivity index (χ1v) is 12.1. The largest absolute Gasteiger partial charge is 0.462 e. The van der Waals surface area contributed by atoms with Crippen LogP contribution < -0.4 is 4.90 Å². The third-order valence-corrected chi connectivity index (χ3v) is 7.61. The Hall–Kier alpha value is -3.27. The van der Waals surface area contributed by atoms with Crippen molar-refractivity contribution in [3.63, 3.8) is 0 Å². The van der Waals surface area contributed by atoms with Crippen LogP contribution in [0.25, 0.3) is 10.9 Å². The van der Waals surface area contributed by atoms with E-state index in [0.29, 0.717) is 6.61 Å². The summed E-state index contributed by atoms with van der Waals surface area (Å²) in [5, 5.41) is 1.25. The van der Waals surface area contributed by atoms with Crippen molar-refractivity contribution < 1.29 is 9.53 Å². The van der Waals surface area contributed by atoms with E-state index in [-0.39, 0.29) is 11.9 Å². The Morgan fingerprint density at radius 2 is 1.79 bits per heavy atom. The Morgan fingerprint density at radius 3 is 2.48 bits per heavy atom. The van der Waals surface area contributed by atoms with E-state index in [9.17, 15) is 4.79 Å². The van der Waals surface area contributed by atoms with Crippen molar-refractivity contribution in [2.24, 2.45) is 5.92 Å². The minimum absolute atomic E-state index is 0.0517. The molecule has 4 nitrogen and oxygen atoms in total. The molecule has 2 aliphatic rings. The molecule has 2 unspecified atom stereocenters. The van der Waals surface area contributed by atoms with Crippen LogP contribution in [0.5, 0.6) is 0 Å². The monoisotopic (exact) mass is 440 g/mol. The predicted molar refractivity (Wildman–Crippen MR) is 135 cm³/mol. The maximum atomic E-state index is 12.7. The van der Waals surface area contributed by atoms with Crippen LogP contribution >= 0.6 is 0 Å². The van der Waals surface area contributed by atoms with Gasteiger partial charge >= 0.3 is 5.97 Å². The topological polar surface area (TPSA) is 34.5 Å². The Bertz CT molecular complexity index is 1260. The Morgan fingerprint density at radius 1 is 1.06 bits per heavy atom. The van der Waals surface area contributed by atoms with Crippen LogP contribution in [0.3, 0.4) is 0 Å². The predicted octanol–water partition coefficient (Wildman–Crippen LogP) is 5.77. The Labute approximate surface area is 196 Å². The average molecular weight is 441 g/mol. The van der Waals surface area contributed by atoms with Gasteiger partial charge in [0.1, 0.15) is 6.61 Å². The van der Waals surface area contributed by atoms with Crippen molar-refractivity contribution in [2.45, 2.75) is 39.7 Å². The molecule has 5 rings (SSSR count). The van der Waals surface area contributed by atoms with Gasteiger partial charge < -0.3 is 14.2 Å². The van der Waals surface area contributed by atoms with E-state index in [0.717, 1.165) is 25.2 Å². The number of hydrogen-bond donors (Lipinski definition) is 0. The maximum absolute atomic E-state index is 12.7. The molecule has 0 spiro atoms. The second kappa shape index (κ2) is 8.26. The lowest BCUT2D eigenvalue weighted by Crippen LogP contribution is -2.38. The van der Waals surface area contributed by atoms with Gasteiger partial charge in [-0.3, -0.25) is 0 Å². The van der Waals surface area contributed by atoms with Crippen molar-refractivity contribution in [1.29, 1.82) is 0 Å². The van der Waals surface area contributed by atoms with E-state index in [2.05, 4.69) is 91.8 Å². The standard InChI is InChI=1S/C29H32N2O2/c1-5-30(6-2)22-16-14-21(15-17-22)29(18-10-12-23-25(29)19-33-28(23)32)27-20(4)31(7-3)26-13-9-8-11-24(26)27/h8-18,25H,5-7,19H2,1-4H3. The third-order valence-electron chi connectivity index (χ3n) is 7.61. The normalized spacial score (nSPS) is 21.8. The smallest absolute Gasteiger partial charge is 0.334 e. The van der Waals surface area contributed by atoms with Crippen LogP contribution in [0.2, 0.25) is 0 Å². The summed E-state index contributed by atoms with van der Waals surface area (Å²) in [5.41, 5.74) is 6.49.